The van der Waals surface area contributed by atoms with Crippen LogP contribution >= 0.6 is 0 Å². The third kappa shape index (κ3) is 40.4. The molecule has 0 aromatic heterocycles. The zero-order valence-electron chi connectivity index (χ0n) is 54.6. The number of aliphatic hydroxyl groups excluding tert-OH is 8. The van der Waals surface area contributed by atoms with Gasteiger partial charge in [-0.3, -0.25) is 4.79 Å². The molecule has 0 spiro atoms. The molecule has 12 unspecified atom stereocenters. The van der Waals surface area contributed by atoms with E-state index in [4.69, 9.17) is 18.9 Å². The highest BCUT2D eigenvalue weighted by Gasteiger charge is 2.51. The van der Waals surface area contributed by atoms with Gasteiger partial charge in [-0.2, -0.15) is 0 Å². The molecule has 0 aliphatic carbocycles. The molecule has 14 heteroatoms. The molecule has 2 fully saturated rings. The van der Waals surface area contributed by atoms with Crippen molar-refractivity contribution in [1.29, 1.82) is 0 Å². The molecule has 2 heterocycles. The van der Waals surface area contributed by atoms with E-state index in [1.54, 1.807) is 6.08 Å². The third-order valence-electron chi connectivity index (χ3n) is 17.2. The molecule has 86 heavy (non-hydrogen) atoms. The number of allylic oxidation sites excluding steroid dienone is 9. The van der Waals surface area contributed by atoms with Gasteiger partial charge < -0.3 is 65.1 Å². The zero-order chi connectivity index (χ0) is 62.3. The van der Waals surface area contributed by atoms with E-state index in [1.807, 2.05) is 6.08 Å². The molecule has 0 bridgehead atoms. The van der Waals surface area contributed by atoms with E-state index in [0.29, 0.717) is 12.8 Å². The van der Waals surface area contributed by atoms with Crippen LogP contribution in [0.25, 0.3) is 0 Å². The van der Waals surface area contributed by atoms with Crippen LogP contribution in [-0.2, 0) is 23.7 Å². The molecule has 2 saturated heterocycles. The van der Waals surface area contributed by atoms with Gasteiger partial charge in [0.05, 0.1) is 32.0 Å². The minimum absolute atomic E-state index is 0.248. The SMILES string of the molecule is CCCCCCC/C=C\C/C=C\C/C=C\CCCCCCCCCCCCCCCCC(=O)NC(COC1OC(CO)C(OC2OC(CO)C(O)C(O)C2O)C(O)C1O)C(O)/C=C/CC/C=C/CCCCCCCCCCCCCCCCCCC. The number of nitrogens with one attached hydrogen (secondary N) is 1. The van der Waals surface area contributed by atoms with Gasteiger partial charge in [0, 0.05) is 6.42 Å². The van der Waals surface area contributed by atoms with E-state index in [2.05, 4.69) is 67.8 Å². The van der Waals surface area contributed by atoms with Crippen molar-refractivity contribution in [3.63, 3.8) is 0 Å². The van der Waals surface area contributed by atoms with Gasteiger partial charge in [0.25, 0.3) is 0 Å². The van der Waals surface area contributed by atoms with Crippen molar-refractivity contribution in [2.75, 3.05) is 19.8 Å². The van der Waals surface area contributed by atoms with Crippen molar-refractivity contribution in [2.45, 2.75) is 370 Å². The number of amides is 1. The van der Waals surface area contributed by atoms with Crippen LogP contribution < -0.4 is 5.32 Å². The summed E-state index contributed by atoms with van der Waals surface area (Å²) in [6, 6.07) is -0.935. The summed E-state index contributed by atoms with van der Waals surface area (Å²) in [6.45, 7) is 2.80. The number of rotatable bonds is 58. The summed E-state index contributed by atoms with van der Waals surface area (Å²) in [5.74, 6) is -0.248. The molecular formula is C72H131NO13. The molecule has 14 nitrogen and oxygen atoms in total. The summed E-state index contributed by atoms with van der Waals surface area (Å²) in [4.78, 5) is 13.3. The van der Waals surface area contributed by atoms with E-state index in [0.717, 1.165) is 44.9 Å². The third-order valence-corrected chi connectivity index (χ3v) is 17.2. The number of aliphatic hydroxyl groups is 8. The van der Waals surface area contributed by atoms with Crippen molar-refractivity contribution in [2.24, 2.45) is 0 Å². The molecule has 502 valence electrons. The molecule has 1 amide bonds. The lowest BCUT2D eigenvalue weighted by Gasteiger charge is -2.46. The van der Waals surface area contributed by atoms with Crippen molar-refractivity contribution in [1.82, 2.24) is 5.32 Å². The summed E-state index contributed by atoms with van der Waals surface area (Å²) in [7, 11) is 0. The Bertz CT molecular complexity index is 1670. The van der Waals surface area contributed by atoms with Crippen molar-refractivity contribution >= 4 is 5.91 Å². The monoisotopic (exact) mass is 1220 g/mol. The Labute approximate surface area is 524 Å². The summed E-state index contributed by atoms with van der Waals surface area (Å²) < 4.78 is 22.8. The molecule has 0 aromatic carbocycles. The van der Waals surface area contributed by atoms with Crippen LogP contribution in [0.15, 0.2) is 60.8 Å². The topological polar surface area (TPSA) is 228 Å². The Morgan fingerprint density at radius 1 is 0.419 bits per heavy atom. The first-order chi connectivity index (χ1) is 42.1. The Kier molecular flexibility index (Phi) is 52.6. The van der Waals surface area contributed by atoms with Crippen LogP contribution in [0.4, 0.5) is 0 Å². The quantitative estimate of drug-likeness (QED) is 0.0204. The van der Waals surface area contributed by atoms with E-state index in [9.17, 15) is 45.6 Å². The Morgan fingerprint density at radius 2 is 0.779 bits per heavy atom. The Morgan fingerprint density at radius 3 is 1.22 bits per heavy atom. The number of carbonyl (C=O) groups excluding carboxylic acids is 1. The van der Waals surface area contributed by atoms with Crippen LogP contribution in [0.5, 0.6) is 0 Å². The van der Waals surface area contributed by atoms with Crippen LogP contribution in [0.3, 0.4) is 0 Å². The fourth-order valence-corrected chi connectivity index (χ4v) is 11.5. The number of hydrogen-bond donors (Lipinski definition) is 9. The molecule has 0 aromatic rings. The summed E-state index contributed by atoms with van der Waals surface area (Å²) in [5, 5.41) is 87.4. The standard InChI is InChI=1S/C72H131NO13/c1-3-5-7-9-11-13-15-17-19-21-23-25-27-28-29-30-31-32-34-36-38-40-42-44-46-48-50-52-54-56-64(77)73-60(59-83-71-69(82)67(80)70(63(58-75)85-71)86-72-68(81)66(79)65(78)62(57-74)84-72)61(76)55-53-51-49-47-45-43-41-39-37-35-33-26-24-22-20-18-16-14-12-10-8-6-4-2/h15,17,21,23,27-28,45,47,53,55,60-63,65-72,74-76,78-82H,3-14,16,18-20,22,24-26,29-44,46,48-52,54,56-59H2,1-2H3,(H,73,77)/b17-15-,23-21-,28-27-,47-45+,55-53+. The maximum absolute atomic E-state index is 13.3. The van der Waals surface area contributed by atoms with Crippen LogP contribution in [0, 0.1) is 0 Å². The van der Waals surface area contributed by atoms with Crippen LogP contribution in [0.1, 0.15) is 296 Å². The second kappa shape index (κ2) is 56.7. The lowest BCUT2D eigenvalue weighted by atomic mass is 9.97. The van der Waals surface area contributed by atoms with Crippen molar-refractivity contribution < 1.29 is 64.6 Å². The Balaban J connectivity index is 1.69. The van der Waals surface area contributed by atoms with Gasteiger partial charge in [-0.15, -0.1) is 0 Å². The molecule has 2 aliphatic rings. The van der Waals surface area contributed by atoms with E-state index < -0.39 is 86.8 Å². The summed E-state index contributed by atoms with van der Waals surface area (Å²) in [5.41, 5.74) is 0. The van der Waals surface area contributed by atoms with Gasteiger partial charge in [-0.1, -0.05) is 280 Å². The largest absolute Gasteiger partial charge is 0.394 e. The molecule has 2 aliphatic heterocycles. The fraction of sp³-hybridized carbons (Fsp3) is 0.847. The van der Waals surface area contributed by atoms with Gasteiger partial charge in [0.2, 0.25) is 5.91 Å². The van der Waals surface area contributed by atoms with Crippen molar-refractivity contribution in [3.05, 3.63) is 60.8 Å². The smallest absolute Gasteiger partial charge is 0.220 e. The number of ether oxygens (including phenoxy) is 4. The Hall–Kier alpha value is -2.31. The van der Waals surface area contributed by atoms with Crippen LogP contribution in [0.2, 0.25) is 0 Å². The fourth-order valence-electron chi connectivity index (χ4n) is 11.5. The first-order valence-electron chi connectivity index (χ1n) is 35.5. The average molecular weight is 1220 g/mol. The molecule has 2 rings (SSSR count). The zero-order valence-corrected chi connectivity index (χ0v) is 54.6. The van der Waals surface area contributed by atoms with Gasteiger partial charge in [-0.05, 0) is 70.6 Å². The lowest BCUT2D eigenvalue weighted by Crippen LogP contribution is -2.65. The molecule has 0 radical (unpaired) electrons. The lowest BCUT2D eigenvalue weighted by molar-refractivity contribution is -0.359. The summed E-state index contributed by atoms with van der Waals surface area (Å²) >= 11 is 0. The highest BCUT2D eigenvalue weighted by atomic mass is 16.7. The predicted octanol–water partition coefficient (Wildman–Crippen LogP) is 14.5. The van der Waals surface area contributed by atoms with E-state index >= 15 is 0 Å². The maximum Gasteiger partial charge on any atom is 0.220 e. The minimum Gasteiger partial charge on any atom is -0.394 e. The first kappa shape index (κ1) is 79.8. The van der Waals surface area contributed by atoms with Gasteiger partial charge in [0.1, 0.15) is 48.8 Å². The highest BCUT2D eigenvalue weighted by molar-refractivity contribution is 5.76. The van der Waals surface area contributed by atoms with E-state index in [1.165, 1.54) is 218 Å². The van der Waals surface area contributed by atoms with Crippen molar-refractivity contribution in [3.8, 4) is 0 Å². The minimum atomic E-state index is -1.79. The average Bonchev–Trinajstić information content (AvgIpc) is 2.53. The summed E-state index contributed by atoms with van der Waals surface area (Å²) in [6.07, 6.45) is 58.4. The molecular weight excluding hydrogens is 1090 g/mol. The first-order valence-corrected chi connectivity index (χ1v) is 35.5. The number of carbonyl (C=O) groups is 1. The van der Waals surface area contributed by atoms with E-state index in [-0.39, 0.29) is 18.9 Å². The van der Waals surface area contributed by atoms with Gasteiger partial charge >= 0.3 is 0 Å². The van der Waals surface area contributed by atoms with Crippen LogP contribution in [-0.4, -0.2) is 140 Å². The molecule has 9 N–H and O–H groups in total. The normalized spacial score (nSPS) is 23.7. The van der Waals surface area contributed by atoms with Gasteiger partial charge in [0.15, 0.2) is 12.6 Å². The van der Waals surface area contributed by atoms with Gasteiger partial charge in [-0.25, -0.2) is 0 Å². The number of unbranched alkanes of at least 4 members (excludes halogenated alkanes) is 37. The molecule has 12 atom stereocenters. The maximum atomic E-state index is 13.3. The second-order valence-electron chi connectivity index (χ2n) is 25.0. The number of hydrogen-bond acceptors (Lipinski definition) is 13. The highest BCUT2D eigenvalue weighted by Crippen LogP contribution is 2.30. The predicted molar refractivity (Wildman–Crippen MR) is 350 cm³/mol. The molecule has 0 saturated carbocycles. The second-order valence-corrected chi connectivity index (χ2v) is 25.0.